The molecule has 2 saturated heterocycles. The average Bonchev–Trinajstić information content (AvgIpc) is 3.10. The molecule has 0 aliphatic carbocycles. The Hall–Kier alpha value is -0.120. The fraction of sp³-hybridized carbons (Fsp3) is 1.00. The first-order chi connectivity index (χ1) is 9.45. The van der Waals surface area contributed by atoms with E-state index < -0.39 is 0 Å². The molecule has 2 fully saturated rings. The summed E-state index contributed by atoms with van der Waals surface area (Å²) >= 11 is 0. The molecule has 3 heteroatoms. The van der Waals surface area contributed by atoms with Crippen LogP contribution in [0.3, 0.4) is 0 Å². The molecule has 2 aliphatic rings. The lowest BCUT2D eigenvalue weighted by Gasteiger charge is -2.14. The minimum atomic E-state index is 0.970. The highest BCUT2D eigenvalue weighted by Crippen LogP contribution is 2.09. The SMILES string of the molecule is C(CCN1CCCC1)COCCCCN1CCCC1. The molecule has 2 heterocycles. The Morgan fingerprint density at radius 3 is 1.42 bits per heavy atom. The summed E-state index contributed by atoms with van der Waals surface area (Å²) in [5, 5.41) is 0. The molecule has 0 radical (unpaired) electrons. The van der Waals surface area contributed by atoms with E-state index in [1.54, 1.807) is 0 Å². The van der Waals surface area contributed by atoms with Crippen molar-refractivity contribution < 1.29 is 4.74 Å². The quantitative estimate of drug-likeness (QED) is 0.567. The molecule has 0 amide bonds. The van der Waals surface area contributed by atoms with Gasteiger partial charge in [-0.25, -0.2) is 0 Å². The van der Waals surface area contributed by atoms with Gasteiger partial charge in [0.25, 0.3) is 0 Å². The van der Waals surface area contributed by atoms with Crippen LogP contribution < -0.4 is 0 Å². The second-order valence-electron chi connectivity index (χ2n) is 6.12. The van der Waals surface area contributed by atoms with Crippen LogP contribution in [-0.4, -0.2) is 62.3 Å². The van der Waals surface area contributed by atoms with Crippen LogP contribution >= 0.6 is 0 Å². The zero-order valence-electron chi connectivity index (χ0n) is 12.6. The van der Waals surface area contributed by atoms with Gasteiger partial charge in [-0.2, -0.15) is 0 Å². The van der Waals surface area contributed by atoms with Crippen LogP contribution in [0.25, 0.3) is 0 Å². The molecule has 112 valence electrons. The van der Waals surface area contributed by atoms with Crippen LogP contribution in [0.2, 0.25) is 0 Å². The fourth-order valence-corrected chi connectivity index (χ4v) is 3.19. The summed E-state index contributed by atoms with van der Waals surface area (Å²) in [6.45, 7) is 9.84. The lowest BCUT2D eigenvalue weighted by Crippen LogP contribution is -2.21. The largest absolute Gasteiger partial charge is 0.381 e. The Balaban J connectivity index is 1.28. The summed E-state index contributed by atoms with van der Waals surface area (Å²) in [4.78, 5) is 5.19. The molecule has 0 bridgehead atoms. The summed E-state index contributed by atoms with van der Waals surface area (Å²) in [5.41, 5.74) is 0. The second-order valence-corrected chi connectivity index (χ2v) is 6.12. The molecule has 0 aromatic heterocycles. The molecule has 0 spiro atoms. The fourth-order valence-electron chi connectivity index (χ4n) is 3.19. The predicted octanol–water partition coefficient (Wildman–Crippen LogP) is 2.76. The number of rotatable bonds is 10. The van der Waals surface area contributed by atoms with E-state index in [2.05, 4.69) is 9.80 Å². The van der Waals surface area contributed by atoms with Gasteiger partial charge in [-0.1, -0.05) is 0 Å². The van der Waals surface area contributed by atoms with Crippen molar-refractivity contribution in [2.75, 3.05) is 52.5 Å². The third kappa shape index (κ3) is 6.73. The van der Waals surface area contributed by atoms with E-state index in [0.717, 1.165) is 13.2 Å². The highest BCUT2D eigenvalue weighted by atomic mass is 16.5. The molecule has 19 heavy (non-hydrogen) atoms. The van der Waals surface area contributed by atoms with Gasteiger partial charge in [0.15, 0.2) is 0 Å². The van der Waals surface area contributed by atoms with Gasteiger partial charge in [-0.15, -0.1) is 0 Å². The second kappa shape index (κ2) is 9.73. The monoisotopic (exact) mass is 268 g/mol. The zero-order valence-corrected chi connectivity index (χ0v) is 12.6. The first-order valence-electron chi connectivity index (χ1n) is 8.47. The van der Waals surface area contributed by atoms with E-state index in [1.807, 2.05) is 0 Å². The number of ether oxygens (including phenoxy) is 1. The Kier molecular flexibility index (Phi) is 7.82. The van der Waals surface area contributed by atoms with E-state index >= 15 is 0 Å². The van der Waals surface area contributed by atoms with Gasteiger partial charge >= 0.3 is 0 Å². The van der Waals surface area contributed by atoms with Crippen molar-refractivity contribution in [2.45, 2.75) is 51.4 Å². The topological polar surface area (TPSA) is 15.7 Å². The molecule has 2 rings (SSSR count). The molecule has 2 aliphatic heterocycles. The molecule has 0 saturated carbocycles. The first kappa shape index (κ1) is 15.3. The summed E-state index contributed by atoms with van der Waals surface area (Å²) < 4.78 is 5.73. The molecule has 0 atom stereocenters. The van der Waals surface area contributed by atoms with E-state index in [1.165, 1.54) is 90.6 Å². The van der Waals surface area contributed by atoms with E-state index in [9.17, 15) is 0 Å². The van der Waals surface area contributed by atoms with Gasteiger partial charge in [0.2, 0.25) is 0 Å². The Morgan fingerprint density at radius 2 is 1.00 bits per heavy atom. The van der Waals surface area contributed by atoms with Crippen LogP contribution in [0.4, 0.5) is 0 Å². The molecule has 0 N–H and O–H groups in total. The van der Waals surface area contributed by atoms with Gasteiger partial charge in [0, 0.05) is 13.2 Å². The summed E-state index contributed by atoms with van der Waals surface area (Å²) in [7, 11) is 0. The van der Waals surface area contributed by atoms with Crippen molar-refractivity contribution in [1.82, 2.24) is 9.80 Å². The molecule has 3 nitrogen and oxygen atoms in total. The van der Waals surface area contributed by atoms with Crippen molar-refractivity contribution in [3.05, 3.63) is 0 Å². The number of hydrogen-bond acceptors (Lipinski definition) is 3. The third-order valence-corrected chi connectivity index (χ3v) is 4.42. The molecule has 0 unspecified atom stereocenters. The lowest BCUT2D eigenvalue weighted by atomic mass is 10.3. The maximum absolute atomic E-state index is 5.73. The summed E-state index contributed by atoms with van der Waals surface area (Å²) in [5.74, 6) is 0. The number of nitrogens with zero attached hydrogens (tertiary/aromatic N) is 2. The maximum Gasteiger partial charge on any atom is 0.0466 e. The van der Waals surface area contributed by atoms with Crippen LogP contribution in [0.15, 0.2) is 0 Å². The Labute approximate surface area is 119 Å². The van der Waals surface area contributed by atoms with Crippen LogP contribution in [-0.2, 0) is 4.74 Å². The van der Waals surface area contributed by atoms with Gasteiger partial charge in [-0.3, -0.25) is 0 Å². The highest BCUT2D eigenvalue weighted by Gasteiger charge is 2.10. The van der Waals surface area contributed by atoms with Crippen LogP contribution in [0.5, 0.6) is 0 Å². The molecular formula is C16H32N2O. The lowest BCUT2D eigenvalue weighted by molar-refractivity contribution is 0.122. The first-order valence-corrected chi connectivity index (χ1v) is 8.47. The minimum absolute atomic E-state index is 0.970. The van der Waals surface area contributed by atoms with E-state index in [4.69, 9.17) is 4.74 Å². The van der Waals surface area contributed by atoms with Gasteiger partial charge < -0.3 is 14.5 Å². The van der Waals surface area contributed by atoms with Crippen molar-refractivity contribution in [2.24, 2.45) is 0 Å². The van der Waals surface area contributed by atoms with E-state index in [-0.39, 0.29) is 0 Å². The number of likely N-dealkylation sites (tertiary alicyclic amines) is 2. The van der Waals surface area contributed by atoms with Crippen LogP contribution in [0, 0.1) is 0 Å². The summed E-state index contributed by atoms with van der Waals surface area (Å²) in [6, 6.07) is 0. The Morgan fingerprint density at radius 1 is 0.579 bits per heavy atom. The maximum atomic E-state index is 5.73. The Bertz CT molecular complexity index is 189. The van der Waals surface area contributed by atoms with E-state index in [0.29, 0.717) is 0 Å². The van der Waals surface area contributed by atoms with Crippen molar-refractivity contribution in [1.29, 1.82) is 0 Å². The third-order valence-electron chi connectivity index (χ3n) is 4.42. The van der Waals surface area contributed by atoms with Crippen molar-refractivity contribution >= 4 is 0 Å². The van der Waals surface area contributed by atoms with Crippen molar-refractivity contribution in [3.8, 4) is 0 Å². The predicted molar refractivity (Wildman–Crippen MR) is 80.6 cm³/mol. The van der Waals surface area contributed by atoms with Gasteiger partial charge in [-0.05, 0) is 90.6 Å². The molecular weight excluding hydrogens is 236 g/mol. The molecule has 0 aromatic carbocycles. The van der Waals surface area contributed by atoms with Crippen LogP contribution in [0.1, 0.15) is 51.4 Å². The molecule has 0 aromatic rings. The van der Waals surface area contributed by atoms with Gasteiger partial charge in [0.1, 0.15) is 0 Å². The average molecular weight is 268 g/mol. The number of unbranched alkanes of at least 4 members (excludes halogenated alkanes) is 2. The zero-order chi connectivity index (χ0) is 13.2. The standard InChI is InChI=1S/C16H32N2O/c1-2-10-17(9-1)13-5-7-15-19-16-8-6-14-18-11-3-4-12-18/h1-16H2. The minimum Gasteiger partial charge on any atom is -0.381 e. The van der Waals surface area contributed by atoms with Crippen molar-refractivity contribution in [3.63, 3.8) is 0 Å². The highest BCUT2D eigenvalue weighted by molar-refractivity contribution is 4.66. The van der Waals surface area contributed by atoms with Gasteiger partial charge in [0.05, 0.1) is 0 Å². The smallest absolute Gasteiger partial charge is 0.0466 e. The number of hydrogen-bond donors (Lipinski definition) is 0. The summed E-state index contributed by atoms with van der Waals surface area (Å²) in [6.07, 6.45) is 10.7. The normalized spacial score (nSPS) is 21.5.